The molecule has 4 nitrogen and oxygen atoms in total. The van der Waals surface area contributed by atoms with Crippen LogP contribution in [-0.4, -0.2) is 15.1 Å². The fraction of sp³-hybridized carbons (Fsp3) is 0.231. The minimum atomic E-state index is 0.127. The molecular weight excluding hydrogens is 250 g/mol. The van der Waals surface area contributed by atoms with E-state index in [-0.39, 0.29) is 5.75 Å². The molecule has 0 atom stereocenters. The zero-order valence-corrected chi connectivity index (χ0v) is 10.8. The number of aromatic nitrogens is 2. The molecule has 18 heavy (non-hydrogen) atoms. The maximum absolute atomic E-state index is 9.73. The summed E-state index contributed by atoms with van der Waals surface area (Å²) in [5.41, 5.74) is 2.52. The number of aryl methyl sites for hydroxylation is 1. The Bertz CT molecular complexity index is 528. The third-order valence-electron chi connectivity index (χ3n) is 2.53. The topological polar surface area (TPSA) is 58.0 Å². The number of halogens is 1. The molecule has 94 valence electrons. The second-order valence-electron chi connectivity index (χ2n) is 4.00. The zero-order chi connectivity index (χ0) is 13.0. The molecule has 0 radical (unpaired) electrons. The van der Waals surface area contributed by atoms with Gasteiger partial charge >= 0.3 is 0 Å². The standard InChI is InChI=1S/C13H14ClN3O/c1-9-5-17-11(8-16-9)7-15-6-10-3-2-4-12(14)13(10)18/h2-5,8,15,18H,6-7H2,1H3. The van der Waals surface area contributed by atoms with Gasteiger partial charge in [-0.05, 0) is 13.0 Å². The Morgan fingerprint density at radius 3 is 2.78 bits per heavy atom. The number of nitrogens with zero attached hydrogens (tertiary/aromatic N) is 2. The van der Waals surface area contributed by atoms with Crippen molar-refractivity contribution in [3.05, 3.63) is 52.6 Å². The average molecular weight is 264 g/mol. The lowest BCUT2D eigenvalue weighted by Crippen LogP contribution is -2.14. The van der Waals surface area contributed by atoms with Crippen molar-refractivity contribution < 1.29 is 5.11 Å². The quantitative estimate of drug-likeness (QED) is 0.890. The van der Waals surface area contributed by atoms with Crippen LogP contribution in [0.15, 0.2) is 30.6 Å². The van der Waals surface area contributed by atoms with Crippen molar-refractivity contribution in [3.63, 3.8) is 0 Å². The minimum Gasteiger partial charge on any atom is -0.506 e. The van der Waals surface area contributed by atoms with Crippen LogP contribution in [0.5, 0.6) is 5.75 Å². The van der Waals surface area contributed by atoms with E-state index in [1.54, 1.807) is 18.5 Å². The Balaban J connectivity index is 1.92. The zero-order valence-electron chi connectivity index (χ0n) is 10.0. The van der Waals surface area contributed by atoms with Crippen LogP contribution in [0.2, 0.25) is 5.02 Å². The highest BCUT2D eigenvalue weighted by atomic mass is 35.5. The van der Waals surface area contributed by atoms with Gasteiger partial charge in [0.15, 0.2) is 0 Å². The van der Waals surface area contributed by atoms with Crippen LogP contribution in [0.25, 0.3) is 0 Å². The first kappa shape index (κ1) is 12.8. The molecule has 0 unspecified atom stereocenters. The highest BCUT2D eigenvalue weighted by molar-refractivity contribution is 6.32. The molecular formula is C13H14ClN3O. The van der Waals surface area contributed by atoms with Gasteiger partial charge in [0.1, 0.15) is 5.75 Å². The van der Waals surface area contributed by atoms with E-state index in [1.807, 2.05) is 19.1 Å². The van der Waals surface area contributed by atoms with Gasteiger partial charge in [-0.15, -0.1) is 0 Å². The van der Waals surface area contributed by atoms with E-state index in [0.717, 1.165) is 17.0 Å². The lowest BCUT2D eigenvalue weighted by atomic mass is 10.2. The van der Waals surface area contributed by atoms with Gasteiger partial charge in [-0.3, -0.25) is 9.97 Å². The summed E-state index contributed by atoms with van der Waals surface area (Å²) in [5.74, 6) is 0.127. The van der Waals surface area contributed by atoms with E-state index >= 15 is 0 Å². The summed E-state index contributed by atoms with van der Waals surface area (Å²) in [6.45, 7) is 3.02. The van der Waals surface area contributed by atoms with Crippen molar-refractivity contribution in [2.24, 2.45) is 0 Å². The third kappa shape index (κ3) is 3.18. The first-order valence-corrected chi connectivity index (χ1v) is 5.99. The van der Waals surface area contributed by atoms with Crippen LogP contribution in [0.1, 0.15) is 17.0 Å². The number of rotatable bonds is 4. The normalized spacial score (nSPS) is 10.6. The lowest BCUT2D eigenvalue weighted by molar-refractivity contribution is 0.464. The van der Waals surface area contributed by atoms with Crippen LogP contribution < -0.4 is 5.32 Å². The molecule has 1 aromatic carbocycles. The number of phenolic OH excluding ortho intramolecular Hbond substituents is 1. The molecule has 1 aromatic heterocycles. The number of hydrogen-bond donors (Lipinski definition) is 2. The van der Waals surface area contributed by atoms with Crippen LogP contribution in [0, 0.1) is 6.92 Å². The van der Waals surface area contributed by atoms with Crippen LogP contribution >= 0.6 is 11.6 Å². The summed E-state index contributed by atoms with van der Waals surface area (Å²) >= 11 is 5.83. The van der Waals surface area contributed by atoms with Crippen LogP contribution in [-0.2, 0) is 13.1 Å². The lowest BCUT2D eigenvalue weighted by Gasteiger charge is -2.07. The van der Waals surface area contributed by atoms with E-state index in [1.165, 1.54) is 0 Å². The average Bonchev–Trinajstić information content (AvgIpc) is 2.37. The minimum absolute atomic E-state index is 0.127. The number of benzene rings is 1. The first-order chi connectivity index (χ1) is 8.66. The molecule has 0 bridgehead atoms. The monoisotopic (exact) mass is 263 g/mol. The predicted molar refractivity (Wildman–Crippen MR) is 70.4 cm³/mol. The SMILES string of the molecule is Cc1cnc(CNCc2cccc(Cl)c2O)cn1. The van der Waals surface area contributed by atoms with Gasteiger partial charge in [-0.2, -0.15) is 0 Å². The summed E-state index contributed by atoms with van der Waals surface area (Å²) < 4.78 is 0. The van der Waals surface area contributed by atoms with E-state index in [4.69, 9.17) is 11.6 Å². The van der Waals surface area contributed by atoms with Crippen molar-refractivity contribution >= 4 is 11.6 Å². The summed E-state index contributed by atoms with van der Waals surface area (Å²) in [7, 11) is 0. The Kier molecular flexibility index (Phi) is 4.12. The highest BCUT2D eigenvalue weighted by Crippen LogP contribution is 2.26. The summed E-state index contributed by atoms with van der Waals surface area (Å²) in [4.78, 5) is 8.40. The molecule has 0 amide bonds. The second kappa shape index (κ2) is 5.80. The third-order valence-corrected chi connectivity index (χ3v) is 2.83. The van der Waals surface area contributed by atoms with Crippen molar-refractivity contribution in [3.8, 4) is 5.75 Å². The molecule has 0 aliphatic rings. The number of nitrogens with one attached hydrogen (secondary N) is 1. The van der Waals surface area contributed by atoms with Gasteiger partial charge in [0.25, 0.3) is 0 Å². The molecule has 2 rings (SSSR count). The highest BCUT2D eigenvalue weighted by Gasteiger charge is 2.04. The second-order valence-corrected chi connectivity index (χ2v) is 4.41. The van der Waals surface area contributed by atoms with Gasteiger partial charge in [0.05, 0.1) is 16.4 Å². The van der Waals surface area contributed by atoms with Gasteiger partial charge < -0.3 is 10.4 Å². The van der Waals surface area contributed by atoms with Gasteiger partial charge in [-0.25, -0.2) is 0 Å². The largest absolute Gasteiger partial charge is 0.506 e. The summed E-state index contributed by atoms with van der Waals surface area (Å²) in [6.07, 6.45) is 3.47. The molecule has 0 saturated carbocycles. The van der Waals surface area contributed by atoms with E-state index in [2.05, 4.69) is 15.3 Å². The van der Waals surface area contributed by atoms with E-state index in [0.29, 0.717) is 18.1 Å². The molecule has 0 saturated heterocycles. The van der Waals surface area contributed by atoms with Gasteiger partial charge in [-0.1, -0.05) is 23.7 Å². The molecule has 5 heteroatoms. The molecule has 1 heterocycles. The molecule has 0 aliphatic heterocycles. The van der Waals surface area contributed by atoms with E-state index in [9.17, 15) is 5.11 Å². The Morgan fingerprint density at radius 1 is 1.22 bits per heavy atom. The van der Waals surface area contributed by atoms with E-state index < -0.39 is 0 Å². The Hall–Kier alpha value is -1.65. The Labute approximate surface area is 111 Å². The predicted octanol–water partition coefficient (Wildman–Crippen LogP) is 2.43. The van der Waals surface area contributed by atoms with Crippen molar-refractivity contribution in [2.75, 3.05) is 0 Å². The molecule has 0 fully saturated rings. The van der Waals surface area contributed by atoms with Crippen molar-refractivity contribution in [1.82, 2.24) is 15.3 Å². The van der Waals surface area contributed by atoms with Crippen LogP contribution in [0.4, 0.5) is 0 Å². The van der Waals surface area contributed by atoms with Gasteiger partial charge in [0, 0.05) is 31.0 Å². The first-order valence-electron chi connectivity index (χ1n) is 5.61. The number of phenols is 1. The fourth-order valence-electron chi connectivity index (χ4n) is 1.54. The molecule has 2 aromatic rings. The Morgan fingerprint density at radius 2 is 2.06 bits per heavy atom. The number of hydrogen-bond acceptors (Lipinski definition) is 4. The maximum Gasteiger partial charge on any atom is 0.138 e. The molecule has 2 N–H and O–H groups in total. The maximum atomic E-state index is 9.73. The van der Waals surface area contributed by atoms with Crippen molar-refractivity contribution in [1.29, 1.82) is 0 Å². The smallest absolute Gasteiger partial charge is 0.138 e. The fourth-order valence-corrected chi connectivity index (χ4v) is 1.73. The molecule has 0 aliphatic carbocycles. The van der Waals surface area contributed by atoms with Crippen LogP contribution in [0.3, 0.4) is 0 Å². The van der Waals surface area contributed by atoms with Crippen molar-refractivity contribution in [2.45, 2.75) is 20.0 Å². The molecule has 0 spiro atoms. The number of aromatic hydroxyl groups is 1. The number of para-hydroxylation sites is 1. The van der Waals surface area contributed by atoms with Gasteiger partial charge in [0.2, 0.25) is 0 Å². The summed E-state index contributed by atoms with van der Waals surface area (Å²) in [6, 6.07) is 5.30. The summed E-state index contributed by atoms with van der Waals surface area (Å²) in [5, 5.41) is 13.3.